The van der Waals surface area contributed by atoms with Crippen LogP contribution in [0, 0.1) is 0 Å². The van der Waals surface area contributed by atoms with Gasteiger partial charge in [0, 0.05) is 30.9 Å². The van der Waals surface area contributed by atoms with Crippen molar-refractivity contribution >= 4 is 5.82 Å². The summed E-state index contributed by atoms with van der Waals surface area (Å²) in [6.45, 7) is 2.74. The minimum absolute atomic E-state index is 0.424. The number of hydrazine groups is 1. The van der Waals surface area contributed by atoms with Crippen molar-refractivity contribution < 1.29 is 4.74 Å². The molecule has 0 aromatic carbocycles. The fraction of sp³-hybridized carbons (Fsp3) is 0.643. The molecule has 2 unspecified atom stereocenters. The summed E-state index contributed by atoms with van der Waals surface area (Å²) >= 11 is 0. The molecule has 19 heavy (non-hydrogen) atoms. The van der Waals surface area contributed by atoms with Gasteiger partial charge in [-0.2, -0.15) is 0 Å². The van der Waals surface area contributed by atoms with Crippen LogP contribution in [-0.4, -0.2) is 35.2 Å². The summed E-state index contributed by atoms with van der Waals surface area (Å²) < 4.78 is 5.91. The first kappa shape index (κ1) is 12.8. The lowest BCUT2D eigenvalue weighted by molar-refractivity contribution is -0.0910. The van der Waals surface area contributed by atoms with Crippen LogP contribution in [0.2, 0.25) is 0 Å². The molecule has 1 aliphatic carbocycles. The molecular weight excluding hydrogens is 240 g/mol. The molecule has 2 heterocycles. The number of nitrogens with two attached hydrogens (primary N) is 1. The van der Waals surface area contributed by atoms with Gasteiger partial charge in [0.2, 0.25) is 0 Å². The molecule has 2 aliphatic rings. The van der Waals surface area contributed by atoms with Crippen LogP contribution >= 0.6 is 0 Å². The van der Waals surface area contributed by atoms with E-state index < -0.39 is 0 Å². The number of pyridine rings is 1. The third kappa shape index (κ3) is 2.73. The summed E-state index contributed by atoms with van der Waals surface area (Å²) in [5.41, 5.74) is 3.85. The monoisotopic (exact) mass is 262 g/mol. The van der Waals surface area contributed by atoms with E-state index in [1.807, 2.05) is 6.07 Å². The number of morpholine rings is 1. The fourth-order valence-electron chi connectivity index (χ4n) is 3.29. The molecule has 1 aromatic heterocycles. The first-order valence-corrected chi connectivity index (χ1v) is 7.14. The molecule has 0 spiro atoms. The summed E-state index contributed by atoms with van der Waals surface area (Å²) in [4.78, 5) is 6.81. The van der Waals surface area contributed by atoms with Gasteiger partial charge in [0.15, 0.2) is 0 Å². The molecule has 1 saturated heterocycles. The van der Waals surface area contributed by atoms with E-state index in [9.17, 15) is 0 Å². The molecule has 2 atom stereocenters. The normalized spacial score (nSPS) is 27.8. The smallest absolute Gasteiger partial charge is 0.144 e. The Hall–Kier alpha value is -1.17. The van der Waals surface area contributed by atoms with Crippen LogP contribution in [-0.2, 0) is 11.3 Å². The molecule has 104 valence electrons. The number of nitrogen functional groups attached to an aromatic ring is 1. The lowest BCUT2D eigenvalue weighted by Gasteiger charge is -2.44. The van der Waals surface area contributed by atoms with Crippen molar-refractivity contribution in [3.8, 4) is 0 Å². The summed E-state index contributed by atoms with van der Waals surface area (Å²) in [5, 5.41) is 0. The average molecular weight is 262 g/mol. The lowest BCUT2D eigenvalue weighted by atomic mass is 9.90. The van der Waals surface area contributed by atoms with Crippen LogP contribution in [0.4, 0.5) is 5.82 Å². The van der Waals surface area contributed by atoms with Crippen molar-refractivity contribution in [3.63, 3.8) is 0 Å². The van der Waals surface area contributed by atoms with E-state index in [2.05, 4.69) is 21.4 Å². The first-order valence-electron chi connectivity index (χ1n) is 7.14. The van der Waals surface area contributed by atoms with Crippen molar-refractivity contribution in [1.29, 1.82) is 0 Å². The van der Waals surface area contributed by atoms with Crippen molar-refractivity contribution in [1.82, 2.24) is 9.88 Å². The Kier molecular flexibility index (Phi) is 3.96. The molecule has 0 radical (unpaired) electrons. The summed E-state index contributed by atoms with van der Waals surface area (Å²) in [6, 6.07) is 4.62. The number of rotatable bonds is 3. The SMILES string of the molecule is NNc1ncccc1CN1CCOC2CCCCC21. The third-order valence-electron chi connectivity index (χ3n) is 4.25. The molecule has 2 fully saturated rings. The summed E-state index contributed by atoms with van der Waals surface area (Å²) in [5.74, 6) is 6.31. The van der Waals surface area contributed by atoms with Gasteiger partial charge in [0.1, 0.15) is 5.82 Å². The van der Waals surface area contributed by atoms with Gasteiger partial charge in [0.25, 0.3) is 0 Å². The average Bonchev–Trinajstić information content (AvgIpc) is 2.48. The summed E-state index contributed by atoms with van der Waals surface area (Å²) in [6.07, 6.45) is 7.26. The Balaban J connectivity index is 1.74. The van der Waals surface area contributed by atoms with E-state index in [1.165, 1.54) is 25.7 Å². The molecule has 5 heteroatoms. The van der Waals surface area contributed by atoms with Crippen LogP contribution in [0.3, 0.4) is 0 Å². The van der Waals surface area contributed by atoms with Gasteiger partial charge in [-0.05, 0) is 18.9 Å². The van der Waals surface area contributed by atoms with Gasteiger partial charge >= 0.3 is 0 Å². The zero-order valence-corrected chi connectivity index (χ0v) is 11.2. The van der Waals surface area contributed by atoms with E-state index >= 15 is 0 Å². The minimum Gasteiger partial charge on any atom is -0.375 e. The fourth-order valence-corrected chi connectivity index (χ4v) is 3.29. The molecule has 1 saturated carbocycles. The summed E-state index contributed by atoms with van der Waals surface area (Å²) in [7, 11) is 0. The Morgan fingerprint density at radius 1 is 1.42 bits per heavy atom. The zero-order chi connectivity index (χ0) is 13.1. The molecule has 0 bridgehead atoms. The Morgan fingerprint density at radius 2 is 2.32 bits per heavy atom. The number of hydrogen-bond donors (Lipinski definition) is 2. The van der Waals surface area contributed by atoms with E-state index in [0.717, 1.165) is 31.1 Å². The Bertz CT molecular complexity index is 424. The van der Waals surface area contributed by atoms with Crippen molar-refractivity contribution in [2.24, 2.45) is 5.84 Å². The number of anilines is 1. The first-order chi connectivity index (χ1) is 9.38. The van der Waals surface area contributed by atoms with Gasteiger partial charge in [-0.1, -0.05) is 18.9 Å². The quantitative estimate of drug-likeness (QED) is 0.638. The van der Waals surface area contributed by atoms with Crippen molar-refractivity contribution in [2.75, 3.05) is 18.6 Å². The maximum Gasteiger partial charge on any atom is 0.144 e. The second-order valence-corrected chi connectivity index (χ2v) is 5.39. The van der Waals surface area contributed by atoms with Crippen LogP contribution in [0.1, 0.15) is 31.2 Å². The van der Waals surface area contributed by atoms with Crippen molar-refractivity contribution in [2.45, 2.75) is 44.4 Å². The molecule has 3 N–H and O–H groups in total. The van der Waals surface area contributed by atoms with Gasteiger partial charge in [-0.3, -0.25) is 4.90 Å². The molecular formula is C14H22N4O. The third-order valence-corrected chi connectivity index (χ3v) is 4.25. The number of ether oxygens (including phenoxy) is 1. The number of aromatic nitrogens is 1. The largest absolute Gasteiger partial charge is 0.375 e. The van der Waals surface area contributed by atoms with E-state index in [0.29, 0.717) is 12.1 Å². The second-order valence-electron chi connectivity index (χ2n) is 5.39. The van der Waals surface area contributed by atoms with Gasteiger partial charge in [-0.25, -0.2) is 10.8 Å². The van der Waals surface area contributed by atoms with E-state index in [4.69, 9.17) is 10.6 Å². The van der Waals surface area contributed by atoms with E-state index in [1.54, 1.807) is 6.20 Å². The van der Waals surface area contributed by atoms with Crippen LogP contribution in [0.15, 0.2) is 18.3 Å². The van der Waals surface area contributed by atoms with Gasteiger partial charge in [-0.15, -0.1) is 0 Å². The topological polar surface area (TPSA) is 63.4 Å². The lowest BCUT2D eigenvalue weighted by Crippen LogP contribution is -2.52. The van der Waals surface area contributed by atoms with Gasteiger partial charge in [0.05, 0.1) is 12.7 Å². The number of nitrogens with zero attached hydrogens (tertiary/aromatic N) is 2. The van der Waals surface area contributed by atoms with Crippen molar-refractivity contribution in [3.05, 3.63) is 23.9 Å². The number of fused-ring (bicyclic) bond motifs is 1. The maximum atomic E-state index is 5.91. The molecule has 5 nitrogen and oxygen atoms in total. The Labute approximate surface area is 114 Å². The maximum absolute atomic E-state index is 5.91. The number of nitrogens with one attached hydrogen (secondary N) is 1. The molecule has 0 amide bonds. The highest BCUT2D eigenvalue weighted by Crippen LogP contribution is 2.30. The predicted octanol–water partition coefficient (Wildman–Crippen LogP) is 1.51. The highest BCUT2D eigenvalue weighted by Gasteiger charge is 2.34. The van der Waals surface area contributed by atoms with Crippen LogP contribution in [0.5, 0.6) is 0 Å². The minimum atomic E-state index is 0.424. The van der Waals surface area contributed by atoms with E-state index in [-0.39, 0.29) is 0 Å². The van der Waals surface area contributed by atoms with Crippen LogP contribution in [0.25, 0.3) is 0 Å². The highest BCUT2D eigenvalue weighted by molar-refractivity contribution is 5.42. The highest BCUT2D eigenvalue weighted by atomic mass is 16.5. The standard InChI is InChI=1S/C14H22N4O/c15-17-14-11(4-3-7-16-14)10-18-8-9-19-13-6-2-1-5-12(13)18/h3-4,7,12-13H,1-2,5-6,8-10,15H2,(H,16,17). The Morgan fingerprint density at radius 3 is 3.21 bits per heavy atom. The van der Waals surface area contributed by atoms with Crippen LogP contribution < -0.4 is 11.3 Å². The van der Waals surface area contributed by atoms with Gasteiger partial charge < -0.3 is 10.2 Å². The molecule has 3 rings (SSSR count). The predicted molar refractivity (Wildman–Crippen MR) is 74.5 cm³/mol. The molecule has 1 aromatic rings. The molecule has 1 aliphatic heterocycles. The second kappa shape index (κ2) is 5.86. The zero-order valence-electron chi connectivity index (χ0n) is 11.2. The number of hydrogen-bond acceptors (Lipinski definition) is 5.